The Morgan fingerprint density at radius 3 is 1.31 bits per heavy atom. The Balaban J connectivity index is 2.60. The summed E-state index contributed by atoms with van der Waals surface area (Å²) in [6, 6.07) is 17.0. The van der Waals surface area contributed by atoms with Crippen LogP contribution in [-0.2, 0) is 0 Å². The maximum absolute atomic E-state index is 10.4. The standard InChI is InChI=1S/C12H12ClO2P/c13-16(14,15,11-7-3-1-4-8-11)12-9-5-2-6-10-12/h1-10,14-15H. The van der Waals surface area contributed by atoms with Crippen LogP contribution < -0.4 is 10.6 Å². The van der Waals surface area contributed by atoms with Crippen LogP contribution in [-0.4, -0.2) is 9.79 Å². The maximum atomic E-state index is 10.4. The fourth-order valence-corrected chi connectivity index (χ4v) is 3.91. The fourth-order valence-electron chi connectivity index (χ4n) is 1.53. The summed E-state index contributed by atoms with van der Waals surface area (Å²) in [5.41, 5.74) is 0. The van der Waals surface area contributed by atoms with E-state index in [1.807, 2.05) is 0 Å². The second kappa shape index (κ2) is 3.83. The Kier molecular flexibility index (Phi) is 2.77. The quantitative estimate of drug-likeness (QED) is 0.807. The molecule has 2 rings (SSSR count). The van der Waals surface area contributed by atoms with E-state index in [2.05, 4.69) is 0 Å². The Labute approximate surface area is 99.0 Å². The van der Waals surface area contributed by atoms with Crippen LogP contribution in [0.1, 0.15) is 0 Å². The molecule has 2 nitrogen and oxygen atoms in total. The first-order chi connectivity index (χ1) is 7.49. The first-order valence-corrected chi connectivity index (χ1v) is 7.88. The van der Waals surface area contributed by atoms with Crippen molar-refractivity contribution >= 4 is 28.3 Å². The van der Waals surface area contributed by atoms with Gasteiger partial charge in [-0.2, -0.15) is 0 Å². The molecule has 16 heavy (non-hydrogen) atoms. The van der Waals surface area contributed by atoms with Gasteiger partial charge in [-0.05, 0) is 0 Å². The normalized spacial score (nSPS) is 14.1. The molecule has 0 aliphatic heterocycles. The molecule has 0 bridgehead atoms. The number of hydrogen-bond acceptors (Lipinski definition) is 2. The molecule has 0 atom stereocenters. The van der Waals surface area contributed by atoms with Crippen LogP contribution in [0.4, 0.5) is 0 Å². The monoisotopic (exact) mass is 254 g/mol. The summed E-state index contributed by atoms with van der Waals surface area (Å²) in [6.07, 6.45) is -4.46. The van der Waals surface area contributed by atoms with E-state index in [9.17, 15) is 9.79 Å². The van der Waals surface area contributed by atoms with Gasteiger partial charge in [-0.25, -0.2) is 0 Å². The van der Waals surface area contributed by atoms with Gasteiger partial charge in [0, 0.05) is 0 Å². The molecule has 4 heteroatoms. The van der Waals surface area contributed by atoms with Crippen molar-refractivity contribution in [1.29, 1.82) is 0 Å². The molecule has 2 N–H and O–H groups in total. The van der Waals surface area contributed by atoms with Gasteiger partial charge in [0.15, 0.2) is 0 Å². The summed E-state index contributed by atoms with van der Waals surface area (Å²) >= 11 is 6.08. The van der Waals surface area contributed by atoms with Crippen LogP contribution >= 0.6 is 17.7 Å². The van der Waals surface area contributed by atoms with Crippen molar-refractivity contribution in [3.05, 3.63) is 60.7 Å². The van der Waals surface area contributed by atoms with Crippen LogP contribution in [0.15, 0.2) is 60.7 Å². The molecular formula is C12H12ClO2P. The molecule has 0 saturated carbocycles. The van der Waals surface area contributed by atoms with E-state index in [4.69, 9.17) is 11.2 Å². The molecule has 0 aliphatic rings. The second-order valence-corrected chi connectivity index (χ2v) is 8.39. The topological polar surface area (TPSA) is 40.5 Å². The molecule has 2 aromatic rings. The number of halogens is 1. The van der Waals surface area contributed by atoms with Crippen LogP contribution in [0.5, 0.6) is 0 Å². The van der Waals surface area contributed by atoms with Crippen LogP contribution in [0.25, 0.3) is 0 Å². The zero-order valence-corrected chi connectivity index (χ0v) is 10.1. The van der Waals surface area contributed by atoms with Gasteiger partial charge in [-0.15, -0.1) is 0 Å². The summed E-state index contributed by atoms with van der Waals surface area (Å²) in [5, 5.41) is 0.697. The van der Waals surface area contributed by atoms with E-state index >= 15 is 0 Å². The molecular weight excluding hydrogens is 243 g/mol. The van der Waals surface area contributed by atoms with Crippen LogP contribution in [0, 0.1) is 0 Å². The molecule has 2 aromatic carbocycles. The van der Waals surface area contributed by atoms with Crippen molar-refractivity contribution < 1.29 is 9.79 Å². The van der Waals surface area contributed by atoms with E-state index in [0.29, 0.717) is 10.6 Å². The van der Waals surface area contributed by atoms with Crippen molar-refractivity contribution in [3.8, 4) is 0 Å². The summed E-state index contributed by atoms with van der Waals surface area (Å²) in [6.45, 7) is 0. The van der Waals surface area contributed by atoms with E-state index in [-0.39, 0.29) is 0 Å². The van der Waals surface area contributed by atoms with E-state index < -0.39 is 6.41 Å². The van der Waals surface area contributed by atoms with Gasteiger partial charge in [0.05, 0.1) is 0 Å². The summed E-state index contributed by atoms with van der Waals surface area (Å²) in [7, 11) is 0. The number of hydrogen-bond donors (Lipinski definition) is 2. The molecule has 0 radical (unpaired) electrons. The second-order valence-electron chi connectivity index (χ2n) is 3.59. The third-order valence-corrected chi connectivity index (χ3v) is 6.03. The Hall–Kier alpha value is -0.920. The fraction of sp³-hybridized carbons (Fsp3) is 0. The van der Waals surface area contributed by atoms with E-state index in [0.717, 1.165) is 0 Å². The average Bonchev–Trinajstić information content (AvgIpc) is 2.31. The third kappa shape index (κ3) is 1.98. The van der Waals surface area contributed by atoms with Crippen molar-refractivity contribution in [1.82, 2.24) is 0 Å². The predicted octanol–water partition coefficient (Wildman–Crippen LogP) is 2.16. The molecule has 0 unspecified atom stereocenters. The zero-order valence-electron chi connectivity index (χ0n) is 8.49. The van der Waals surface area contributed by atoms with Gasteiger partial charge in [0.25, 0.3) is 0 Å². The van der Waals surface area contributed by atoms with Crippen LogP contribution in [0.3, 0.4) is 0 Å². The van der Waals surface area contributed by atoms with Gasteiger partial charge >= 0.3 is 98.7 Å². The van der Waals surface area contributed by atoms with Gasteiger partial charge in [0.2, 0.25) is 0 Å². The first-order valence-electron chi connectivity index (χ1n) is 4.84. The molecule has 84 valence electrons. The molecule has 0 fully saturated rings. The SMILES string of the molecule is OP(O)(Cl)(c1ccccc1)c1ccccc1. The van der Waals surface area contributed by atoms with Crippen molar-refractivity contribution in [2.45, 2.75) is 0 Å². The first kappa shape index (κ1) is 11.6. The molecule has 0 spiro atoms. The van der Waals surface area contributed by atoms with Crippen molar-refractivity contribution in [2.24, 2.45) is 0 Å². The summed E-state index contributed by atoms with van der Waals surface area (Å²) in [4.78, 5) is 20.7. The minimum absolute atomic E-state index is 0.348. The third-order valence-electron chi connectivity index (χ3n) is 2.43. The van der Waals surface area contributed by atoms with Crippen LogP contribution in [0.2, 0.25) is 0 Å². The van der Waals surface area contributed by atoms with Crippen molar-refractivity contribution in [2.75, 3.05) is 0 Å². The zero-order chi connectivity index (χ0) is 11.7. The number of rotatable bonds is 2. The van der Waals surface area contributed by atoms with Crippen molar-refractivity contribution in [3.63, 3.8) is 0 Å². The molecule has 0 saturated heterocycles. The van der Waals surface area contributed by atoms with Gasteiger partial charge < -0.3 is 0 Å². The van der Waals surface area contributed by atoms with Gasteiger partial charge in [0.1, 0.15) is 0 Å². The molecule has 0 aliphatic carbocycles. The summed E-state index contributed by atoms with van der Waals surface area (Å²) in [5.74, 6) is 0. The molecule has 0 heterocycles. The minimum atomic E-state index is -4.46. The van der Waals surface area contributed by atoms with E-state index in [1.54, 1.807) is 60.7 Å². The Bertz CT molecular complexity index is 433. The van der Waals surface area contributed by atoms with E-state index in [1.165, 1.54) is 0 Å². The Morgan fingerprint density at radius 2 is 1.00 bits per heavy atom. The predicted molar refractivity (Wildman–Crippen MR) is 69.4 cm³/mol. The van der Waals surface area contributed by atoms with Gasteiger partial charge in [-0.1, -0.05) is 0 Å². The molecule has 0 aromatic heterocycles. The summed E-state index contributed by atoms with van der Waals surface area (Å²) < 4.78 is 0. The Morgan fingerprint density at radius 1 is 0.688 bits per heavy atom. The average molecular weight is 255 g/mol. The van der Waals surface area contributed by atoms with Gasteiger partial charge in [-0.3, -0.25) is 0 Å². The molecule has 0 amide bonds. The number of benzene rings is 2.